The van der Waals surface area contributed by atoms with Gasteiger partial charge in [0, 0.05) is 6.61 Å². The molecule has 0 aliphatic carbocycles. The molecule has 1 heterocycles. The summed E-state index contributed by atoms with van der Waals surface area (Å²) in [4.78, 5) is 0.506. The van der Waals surface area contributed by atoms with E-state index in [4.69, 9.17) is 10.5 Å². The van der Waals surface area contributed by atoms with E-state index in [0.29, 0.717) is 18.1 Å². The Bertz CT molecular complexity index is 391. The molecule has 1 aromatic carbocycles. The zero-order valence-corrected chi connectivity index (χ0v) is 8.93. The van der Waals surface area contributed by atoms with Gasteiger partial charge in [0.25, 0.3) is 0 Å². The fraction of sp³-hybridized carbons (Fsp3) is 0.400. The molecule has 0 aromatic heterocycles. The highest BCUT2D eigenvalue weighted by atomic mass is 32.2. The fourth-order valence-corrected chi connectivity index (χ4v) is 2.95. The van der Waals surface area contributed by atoms with Crippen LogP contribution in [0.4, 0.5) is 10.1 Å². The number of nitrogen functional groups attached to an aromatic ring is 1. The summed E-state index contributed by atoms with van der Waals surface area (Å²) in [7, 11) is -1.20. The number of ether oxygens (including phenoxy) is 1. The first-order valence-electron chi connectivity index (χ1n) is 4.72. The van der Waals surface area contributed by atoms with Gasteiger partial charge in [0.15, 0.2) is 0 Å². The lowest BCUT2D eigenvalue weighted by Gasteiger charge is -2.09. The molecule has 2 unspecified atom stereocenters. The van der Waals surface area contributed by atoms with Gasteiger partial charge >= 0.3 is 0 Å². The van der Waals surface area contributed by atoms with Crippen LogP contribution in [0.1, 0.15) is 6.42 Å². The second kappa shape index (κ2) is 4.28. The first-order valence-corrected chi connectivity index (χ1v) is 5.93. The second-order valence-corrected chi connectivity index (χ2v) is 5.17. The average Bonchev–Trinajstić information content (AvgIpc) is 2.69. The van der Waals surface area contributed by atoms with Crippen LogP contribution in [0.5, 0.6) is 0 Å². The molecule has 2 rings (SSSR count). The minimum Gasteiger partial charge on any atom is -0.398 e. The summed E-state index contributed by atoms with van der Waals surface area (Å²) >= 11 is 0. The lowest BCUT2D eigenvalue weighted by Crippen LogP contribution is -2.16. The van der Waals surface area contributed by atoms with Crippen molar-refractivity contribution in [1.82, 2.24) is 0 Å². The van der Waals surface area contributed by atoms with E-state index < -0.39 is 16.6 Å². The number of anilines is 1. The van der Waals surface area contributed by atoms with Crippen LogP contribution in [-0.2, 0) is 15.5 Å². The van der Waals surface area contributed by atoms with E-state index in [1.807, 2.05) is 0 Å². The van der Waals surface area contributed by atoms with Gasteiger partial charge in [-0.25, -0.2) is 4.39 Å². The quantitative estimate of drug-likeness (QED) is 0.778. The minimum absolute atomic E-state index is 0.0160. The lowest BCUT2D eigenvalue weighted by molar-refractivity contribution is 0.199. The van der Waals surface area contributed by atoms with Gasteiger partial charge in [0.1, 0.15) is 5.82 Å². The van der Waals surface area contributed by atoms with Crippen molar-refractivity contribution in [1.29, 1.82) is 0 Å². The molecule has 2 N–H and O–H groups in total. The SMILES string of the molecule is Nc1cc(F)ccc1S(=O)C1CCOC1. The Kier molecular flexibility index (Phi) is 3.02. The van der Waals surface area contributed by atoms with Gasteiger partial charge in [-0.3, -0.25) is 4.21 Å². The van der Waals surface area contributed by atoms with Crippen LogP contribution < -0.4 is 5.73 Å². The van der Waals surface area contributed by atoms with E-state index in [1.54, 1.807) is 0 Å². The summed E-state index contributed by atoms with van der Waals surface area (Å²) in [6, 6.07) is 3.96. The molecule has 3 nitrogen and oxygen atoms in total. The normalized spacial score (nSPS) is 22.9. The molecule has 0 saturated carbocycles. The molecule has 0 spiro atoms. The van der Waals surface area contributed by atoms with Gasteiger partial charge < -0.3 is 10.5 Å². The highest BCUT2D eigenvalue weighted by Gasteiger charge is 2.24. The van der Waals surface area contributed by atoms with Crippen LogP contribution in [0.25, 0.3) is 0 Å². The number of hydrogen-bond donors (Lipinski definition) is 1. The number of benzene rings is 1. The third kappa shape index (κ3) is 2.18. The molecule has 0 bridgehead atoms. The van der Waals surface area contributed by atoms with Crippen LogP contribution in [0.2, 0.25) is 0 Å². The van der Waals surface area contributed by atoms with Gasteiger partial charge in [-0.1, -0.05) is 0 Å². The number of nitrogens with two attached hydrogens (primary N) is 1. The Labute approximate surface area is 89.9 Å². The first kappa shape index (κ1) is 10.6. The third-order valence-electron chi connectivity index (χ3n) is 2.38. The summed E-state index contributed by atoms with van der Waals surface area (Å²) in [5.74, 6) is -0.407. The number of rotatable bonds is 2. The Morgan fingerprint density at radius 1 is 1.53 bits per heavy atom. The summed E-state index contributed by atoms with van der Waals surface area (Å²) in [6.45, 7) is 1.13. The standard InChI is InChI=1S/C10H12FNO2S/c11-7-1-2-10(9(12)5-7)15(13)8-3-4-14-6-8/h1-2,5,8H,3-4,6,12H2. The monoisotopic (exact) mass is 229 g/mol. The molecule has 0 radical (unpaired) electrons. The smallest absolute Gasteiger partial charge is 0.125 e. The Hall–Kier alpha value is -0.940. The van der Waals surface area contributed by atoms with E-state index in [1.165, 1.54) is 18.2 Å². The van der Waals surface area contributed by atoms with Gasteiger partial charge in [0.2, 0.25) is 0 Å². The molecular formula is C10H12FNO2S. The fourth-order valence-electron chi connectivity index (χ4n) is 1.56. The van der Waals surface area contributed by atoms with E-state index in [9.17, 15) is 8.60 Å². The Morgan fingerprint density at radius 2 is 2.33 bits per heavy atom. The predicted octanol–water partition coefficient (Wildman–Crippen LogP) is 1.30. The summed E-state index contributed by atoms with van der Waals surface area (Å²) < 4.78 is 29.9. The van der Waals surface area contributed by atoms with Crippen LogP contribution >= 0.6 is 0 Å². The minimum atomic E-state index is -1.20. The van der Waals surface area contributed by atoms with Gasteiger partial charge in [0.05, 0.1) is 33.2 Å². The highest BCUT2D eigenvalue weighted by molar-refractivity contribution is 7.85. The number of hydrogen-bond acceptors (Lipinski definition) is 3. The van der Waals surface area contributed by atoms with Crippen molar-refractivity contribution in [2.24, 2.45) is 0 Å². The van der Waals surface area contributed by atoms with Crippen molar-refractivity contribution in [3.05, 3.63) is 24.0 Å². The molecule has 5 heteroatoms. The predicted molar refractivity (Wildman–Crippen MR) is 56.4 cm³/mol. The van der Waals surface area contributed by atoms with E-state index in [0.717, 1.165) is 6.42 Å². The Morgan fingerprint density at radius 3 is 2.93 bits per heavy atom. The van der Waals surface area contributed by atoms with E-state index >= 15 is 0 Å². The molecule has 1 aliphatic rings. The van der Waals surface area contributed by atoms with Crippen LogP contribution in [0.15, 0.2) is 23.1 Å². The maximum absolute atomic E-state index is 12.8. The van der Waals surface area contributed by atoms with Gasteiger partial charge in [-0.05, 0) is 24.6 Å². The van der Waals surface area contributed by atoms with Crippen LogP contribution in [0.3, 0.4) is 0 Å². The molecule has 0 amide bonds. The molecular weight excluding hydrogens is 217 g/mol. The second-order valence-electron chi connectivity index (χ2n) is 3.47. The van der Waals surface area contributed by atoms with Crippen molar-refractivity contribution in [3.63, 3.8) is 0 Å². The van der Waals surface area contributed by atoms with Crippen LogP contribution in [0, 0.1) is 5.82 Å². The molecule has 1 saturated heterocycles. The van der Waals surface area contributed by atoms with E-state index in [-0.39, 0.29) is 10.9 Å². The topological polar surface area (TPSA) is 52.3 Å². The first-order chi connectivity index (χ1) is 7.18. The molecule has 1 fully saturated rings. The molecule has 15 heavy (non-hydrogen) atoms. The molecule has 1 aromatic rings. The molecule has 2 atom stereocenters. The third-order valence-corrected chi connectivity index (χ3v) is 4.16. The summed E-state index contributed by atoms with van der Waals surface area (Å²) in [6.07, 6.45) is 0.767. The van der Waals surface area contributed by atoms with Crippen molar-refractivity contribution < 1.29 is 13.3 Å². The van der Waals surface area contributed by atoms with Crippen molar-refractivity contribution in [3.8, 4) is 0 Å². The highest BCUT2D eigenvalue weighted by Crippen LogP contribution is 2.23. The largest absolute Gasteiger partial charge is 0.398 e. The number of halogens is 1. The molecule has 1 aliphatic heterocycles. The van der Waals surface area contributed by atoms with Crippen LogP contribution in [-0.4, -0.2) is 22.7 Å². The van der Waals surface area contributed by atoms with Crippen molar-refractivity contribution in [2.75, 3.05) is 18.9 Å². The van der Waals surface area contributed by atoms with Gasteiger partial charge in [-0.2, -0.15) is 0 Å². The maximum atomic E-state index is 12.8. The Balaban J connectivity index is 2.24. The van der Waals surface area contributed by atoms with Crippen molar-refractivity contribution >= 4 is 16.5 Å². The summed E-state index contributed by atoms with van der Waals surface area (Å²) in [5, 5.41) is -0.0160. The molecule has 82 valence electrons. The van der Waals surface area contributed by atoms with Gasteiger partial charge in [-0.15, -0.1) is 0 Å². The lowest BCUT2D eigenvalue weighted by atomic mass is 10.3. The van der Waals surface area contributed by atoms with Crippen molar-refractivity contribution in [2.45, 2.75) is 16.6 Å². The average molecular weight is 229 g/mol. The zero-order valence-electron chi connectivity index (χ0n) is 8.11. The van der Waals surface area contributed by atoms with E-state index in [2.05, 4.69) is 0 Å². The zero-order chi connectivity index (χ0) is 10.8. The summed E-state index contributed by atoms with van der Waals surface area (Å²) in [5.41, 5.74) is 5.87. The maximum Gasteiger partial charge on any atom is 0.125 e.